The number of carbonyl (C=O) groups excluding carboxylic acids is 1. The first-order chi connectivity index (χ1) is 4.81. The summed E-state index contributed by atoms with van der Waals surface area (Å²) in [6, 6.07) is -0.556. The fourth-order valence-electron chi connectivity index (χ4n) is 0.266. The lowest BCUT2D eigenvalue weighted by atomic mass is 10.7. The van der Waals surface area contributed by atoms with Gasteiger partial charge < -0.3 is 0 Å². The molecule has 0 aliphatic heterocycles. The predicted octanol–water partition coefficient (Wildman–Crippen LogP) is 1.62. The fraction of sp³-hybridized carbons (Fsp3) is 0. The van der Waals surface area contributed by atoms with Crippen LogP contribution in [-0.4, -0.2) is 18.5 Å². The highest BCUT2D eigenvalue weighted by molar-refractivity contribution is 5.93. The second-order valence-corrected chi connectivity index (χ2v) is 1.31. The zero-order valence-electron chi connectivity index (χ0n) is 5.53. The minimum atomic E-state index is -0.556. The topological polar surface area (TPSA) is 41.8 Å². The third kappa shape index (κ3) is 4.64. The summed E-state index contributed by atoms with van der Waals surface area (Å²) >= 11 is 0. The molecule has 2 amide bonds. The maximum atomic E-state index is 10.5. The normalized spacial score (nSPS) is 10.4. The Hall–Kier alpha value is -1.51. The lowest BCUT2D eigenvalue weighted by Crippen LogP contribution is -1.83. The lowest BCUT2D eigenvalue weighted by molar-refractivity contribution is 0.257. The fourth-order valence-corrected chi connectivity index (χ4v) is 0.266. The van der Waals surface area contributed by atoms with Gasteiger partial charge in [0.05, 0.1) is 0 Å². The molecule has 0 unspecified atom stereocenters. The molecule has 0 aromatic heterocycles. The van der Waals surface area contributed by atoms with E-state index < -0.39 is 6.03 Å². The van der Waals surface area contributed by atoms with Gasteiger partial charge in [-0.05, 0) is 0 Å². The van der Waals surface area contributed by atoms with Crippen LogP contribution in [0.3, 0.4) is 0 Å². The Kier molecular flexibility index (Phi) is 4.77. The highest BCUT2D eigenvalue weighted by Crippen LogP contribution is 1.78. The molecular weight excluding hydrogens is 128 g/mol. The number of nitrogens with zero attached hydrogens (tertiary/aromatic N) is 2. The van der Waals surface area contributed by atoms with Crippen molar-refractivity contribution in [1.29, 1.82) is 0 Å². The van der Waals surface area contributed by atoms with E-state index in [9.17, 15) is 4.79 Å². The van der Waals surface area contributed by atoms with E-state index in [0.717, 1.165) is 0 Å². The molecule has 0 aliphatic rings. The number of amides is 2. The van der Waals surface area contributed by atoms with E-state index in [-0.39, 0.29) is 0 Å². The van der Waals surface area contributed by atoms with Gasteiger partial charge in [-0.3, -0.25) is 0 Å². The average molecular weight is 136 g/mol. The van der Waals surface area contributed by atoms with Crippen LogP contribution in [0.4, 0.5) is 4.79 Å². The molecule has 3 heteroatoms. The van der Waals surface area contributed by atoms with Crippen LogP contribution in [0.2, 0.25) is 0 Å². The molecule has 52 valence electrons. The summed E-state index contributed by atoms with van der Waals surface area (Å²) in [5, 5.41) is 0. The predicted molar refractivity (Wildman–Crippen MR) is 42.8 cm³/mol. The van der Waals surface area contributed by atoms with Gasteiger partial charge in [0, 0.05) is 12.4 Å². The van der Waals surface area contributed by atoms with Crippen LogP contribution in [0.15, 0.2) is 35.3 Å². The van der Waals surface area contributed by atoms with Crippen molar-refractivity contribution < 1.29 is 4.79 Å². The van der Waals surface area contributed by atoms with Crippen molar-refractivity contribution in [3.63, 3.8) is 0 Å². The van der Waals surface area contributed by atoms with Crippen molar-refractivity contribution >= 4 is 18.5 Å². The number of rotatable bonds is 2. The van der Waals surface area contributed by atoms with E-state index in [1.54, 1.807) is 0 Å². The molecule has 0 fully saturated rings. The van der Waals surface area contributed by atoms with Crippen LogP contribution in [0.25, 0.3) is 0 Å². The number of hydrogen-bond donors (Lipinski definition) is 0. The SMILES string of the molecule is C=C/C=N/C(=O)/N=C/C=C. The molecule has 0 radical (unpaired) electrons. The van der Waals surface area contributed by atoms with Crippen LogP contribution in [0.5, 0.6) is 0 Å². The van der Waals surface area contributed by atoms with Crippen molar-refractivity contribution in [2.24, 2.45) is 9.98 Å². The van der Waals surface area contributed by atoms with Crippen molar-refractivity contribution in [2.75, 3.05) is 0 Å². The van der Waals surface area contributed by atoms with Crippen LogP contribution in [-0.2, 0) is 0 Å². The zero-order chi connectivity index (χ0) is 7.82. The first-order valence-corrected chi connectivity index (χ1v) is 2.65. The van der Waals surface area contributed by atoms with Crippen molar-refractivity contribution in [3.05, 3.63) is 25.3 Å². The summed E-state index contributed by atoms with van der Waals surface area (Å²) in [5.74, 6) is 0. The van der Waals surface area contributed by atoms with E-state index in [1.165, 1.54) is 24.6 Å². The number of aliphatic imine (C=N–C) groups is 2. The van der Waals surface area contributed by atoms with Crippen LogP contribution in [0, 0.1) is 0 Å². The number of carbonyl (C=O) groups is 1. The van der Waals surface area contributed by atoms with Crippen molar-refractivity contribution in [2.45, 2.75) is 0 Å². The highest BCUT2D eigenvalue weighted by Gasteiger charge is 1.84. The van der Waals surface area contributed by atoms with E-state index in [4.69, 9.17) is 0 Å². The summed E-state index contributed by atoms with van der Waals surface area (Å²) in [6.07, 6.45) is 5.37. The monoisotopic (exact) mass is 136 g/mol. The maximum Gasteiger partial charge on any atom is 0.366 e. The van der Waals surface area contributed by atoms with Gasteiger partial charge >= 0.3 is 6.03 Å². The third-order valence-electron chi connectivity index (χ3n) is 0.581. The molecule has 0 atom stereocenters. The molecular formula is C7H8N2O. The Balaban J connectivity index is 3.85. The Labute approximate surface area is 59.5 Å². The summed E-state index contributed by atoms with van der Waals surface area (Å²) in [4.78, 5) is 17.2. The molecule has 3 nitrogen and oxygen atoms in total. The van der Waals surface area contributed by atoms with Crippen molar-refractivity contribution in [1.82, 2.24) is 0 Å². The Morgan fingerprint density at radius 3 is 1.80 bits per heavy atom. The van der Waals surface area contributed by atoms with Gasteiger partial charge in [0.1, 0.15) is 0 Å². The summed E-state index contributed by atoms with van der Waals surface area (Å²) in [5.41, 5.74) is 0. The second kappa shape index (κ2) is 5.62. The molecule has 0 saturated heterocycles. The molecule has 0 saturated carbocycles. The van der Waals surface area contributed by atoms with Crippen LogP contribution >= 0.6 is 0 Å². The number of hydrogen-bond acceptors (Lipinski definition) is 1. The summed E-state index contributed by atoms with van der Waals surface area (Å²) < 4.78 is 0. The number of urea groups is 1. The molecule has 0 aromatic carbocycles. The van der Waals surface area contributed by atoms with Crippen LogP contribution in [0.1, 0.15) is 0 Å². The Morgan fingerprint density at radius 1 is 1.10 bits per heavy atom. The smallest absolute Gasteiger partial charge is 0.244 e. The molecule has 0 bridgehead atoms. The molecule has 0 rings (SSSR count). The largest absolute Gasteiger partial charge is 0.366 e. The highest BCUT2D eigenvalue weighted by atomic mass is 16.2. The third-order valence-corrected chi connectivity index (χ3v) is 0.581. The minimum absolute atomic E-state index is 0.556. The van der Waals surface area contributed by atoms with Gasteiger partial charge in [0.2, 0.25) is 0 Å². The average Bonchev–Trinajstić information content (AvgIpc) is 1.97. The van der Waals surface area contributed by atoms with E-state index in [0.29, 0.717) is 0 Å². The van der Waals surface area contributed by atoms with Crippen LogP contribution < -0.4 is 0 Å². The molecule has 0 aromatic rings. The Morgan fingerprint density at radius 2 is 1.50 bits per heavy atom. The summed E-state index contributed by atoms with van der Waals surface area (Å²) in [6.45, 7) is 6.68. The molecule has 0 aliphatic carbocycles. The Bertz CT molecular complexity index is 172. The molecule has 0 N–H and O–H groups in total. The maximum absolute atomic E-state index is 10.5. The standard InChI is InChI=1S/C7H8N2O/c1-3-5-8-7(10)9-6-4-2/h3-6H,1-2H2/b8-5+,9-6+. The molecule has 10 heavy (non-hydrogen) atoms. The van der Waals surface area contributed by atoms with E-state index in [1.807, 2.05) is 0 Å². The van der Waals surface area contributed by atoms with Gasteiger partial charge in [0.25, 0.3) is 0 Å². The summed E-state index contributed by atoms with van der Waals surface area (Å²) in [7, 11) is 0. The second-order valence-electron chi connectivity index (χ2n) is 1.31. The van der Waals surface area contributed by atoms with E-state index in [2.05, 4.69) is 23.1 Å². The zero-order valence-corrected chi connectivity index (χ0v) is 5.53. The van der Waals surface area contributed by atoms with Gasteiger partial charge in [0.15, 0.2) is 0 Å². The first kappa shape index (κ1) is 8.49. The molecule has 0 spiro atoms. The quantitative estimate of drug-likeness (QED) is 0.532. The van der Waals surface area contributed by atoms with E-state index >= 15 is 0 Å². The minimum Gasteiger partial charge on any atom is -0.244 e. The van der Waals surface area contributed by atoms with Gasteiger partial charge in [-0.25, -0.2) is 14.8 Å². The van der Waals surface area contributed by atoms with Gasteiger partial charge in [-0.2, -0.15) is 0 Å². The number of allylic oxidation sites excluding steroid dienone is 2. The lowest BCUT2D eigenvalue weighted by Gasteiger charge is -1.77. The van der Waals surface area contributed by atoms with Gasteiger partial charge in [-0.1, -0.05) is 25.3 Å². The molecule has 0 heterocycles. The first-order valence-electron chi connectivity index (χ1n) is 2.65. The van der Waals surface area contributed by atoms with Gasteiger partial charge in [-0.15, -0.1) is 0 Å². The van der Waals surface area contributed by atoms with Crippen molar-refractivity contribution in [3.8, 4) is 0 Å².